The van der Waals surface area contributed by atoms with E-state index >= 15 is 0 Å². The third-order valence-electron chi connectivity index (χ3n) is 5.31. The molecule has 2 amide bonds. The van der Waals surface area contributed by atoms with Gasteiger partial charge in [0.2, 0.25) is 6.41 Å². The number of aliphatic imine (C=N–C) groups is 1. The maximum absolute atomic E-state index is 12.9. The van der Waals surface area contributed by atoms with Gasteiger partial charge in [-0.1, -0.05) is 66.7 Å². The first-order valence-electron chi connectivity index (χ1n) is 10.8. The van der Waals surface area contributed by atoms with Gasteiger partial charge in [0.25, 0.3) is 5.91 Å². The lowest BCUT2D eigenvalue weighted by atomic mass is 10.0. The van der Waals surface area contributed by atoms with E-state index in [4.69, 9.17) is 0 Å². The summed E-state index contributed by atoms with van der Waals surface area (Å²) < 4.78 is 0. The summed E-state index contributed by atoms with van der Waals surface area (Å²) in [5.74, 6) is -0.403. The van der Waals surface area contributed by atoms with E-state index in [2.05, 4.69) is 22.3 Å². The molecule has 0 unspecified atom stereocenters. The molecular formula is C26H27N4O4P. The Labute approximate surface area is 205 Å². The summed E-state index contributed by atoms with van der Waals surface area (Å²) in [6, 6.07) is 24.8. The lowest BCUT2D eigenvalue weighted by Gasteiger charge is -2.28. The maximum Gasteiger partial charge on any atom is 0.271 e. The van der Waals surface area contributed by atoms with Gasteiger partial charge in [-0.3, -0.25) is 9.59 Å². The first-order chi connectivity index (χ1) is 17.0. The molecule has 0 saturated carbocycles. The molecule has 0 heterocycles. The molecule has 9 heteroatoms. The van der Waals surface area contributed by atoms with Gasteiger partial charge in [0, 0.05) is 25.4 Å². The maximum atomic E-state index is 12.9. The molecule has 0 aliphatic rings. The third kappa shape index (κ3) is 6.83. The number of hydrogen-bond donors (Lipinski definition) is 4. The van der Waals surface area contributed by atoms with Crippen LogP contribution in [-0.2, 0) is 22.7 Å². The highest BCUT2D eigenvalue weighted by molar-refractivity contribution is 7.54. The van der Waals surface area contributed by atoms with Gasteiger partial charge >= 0.3 is 0 Å². The highest BCUT2D eigenvalue weighted by atomic mass is 31.2. The third-order valence-corrected chi connectivity index (χ3v) is 6.07. The Morgan fingerprint density at radius 3 is 1.97 bits per heavy atom. The second-order valence-electron chi connectivity index (χ2n) is 7.57. The molecule has 180 valence electrons. The first kappa shape index (κ1) is 25.8. The fourth-order valence-corrected chi connectivity index (χ4v) is 4.00. The molecule has 0 spiro atoms. The average Bonchev–Trinajstić information content (AvgIpc) is 2.89. The topological polar surface area (TPSA) is 114 Å². The van der Waals surface area contributed by atoms with Crippen molar-refractivity contribution in [2.75, 3.05) is 7.05 Å². The number of benzene rings is 3. The highest BCUT2D eigenvalue weighted by Crippen LogP contribution is 2.24. The number of nitrogens with zero attached hydrogens (tertiary/aromatic N) is 2. The molecule has 0 atom stereocenters. The Morgan fingerprint density at radius 2 is 1.49 bits per heavy atom. The monoisotopic (exact) mass is 490 g/mol. The van der Waals surface area contributed by atoms with Crippen molar-refractivity contribution in [3.63, 3.8) is 0 Å². The van der Waals surface area contributed by atoms with E-state index in [0.717, 1.165) is 22.3 Å². The molecule has 0 aliphatic carbocycles. The molecule has 0 aromatic heterocycles. The van der Waals surface area contributed by atoms with Crippen LogP contribution in [0.3, 0.4) is 0 Å². The van der Waals surface area contributed by atoms with Gasteiger partial charge in [-0.25, -0.2) is 4.99 Å². The smallest absolute Gasteiger partial charge is 0.271 e. The number of carbonyl (C=O) groups is 2. The number of carbonyl (C=O) groups excluding carboxylic acids is 2. The van der Waals surface area contributed by atoms with E-state index in [1.165, 1.54) is 7.05 Å². The molecule has 3 aromatic rings. The van der Waals surface area contributed by atoms with E-state index < -0.39 is 14.3 Å². The minimum Gasteiger partial charge on any atom is -0.355 e. The summed E-state index contributed by atoms with van der Waals surface area (Å²) in [7, 11) is -0.697. The molecule has 4 N–H and O–H groups in total. The van der Waals surface area contributed by atoms with Crippen molar-refractivity contribution >= 4 is 32.7 Å². The van der Waals surface area contributed by atoms with Crippen molar-refractivity contribution in [1.82, 2.24) is 15.5 Å². The zero-order valence-corrected chi connectivity index (χ0v) is 20.2. The van der Waals surface area contributed by atoms with E-state index in [1.54, 1.807) is 29.2 Å². The van der Waals surface area contributed by atoms with Crippen LogP contribution in [0.2, 0.25) is 0 Å². The largest absolute Gasteiger partial charge is 0.355 e. The Balaban J connectivity index is 1.98. The predicted molar refractivity (Wildman–Crippen MR) is 138 cm³/mol. The van der Waals surface area contributed by atoms with Gasteiger partial charge in [-0.15, -0.1) is 0 Å². The summed E-state index contributed by atoms with van der Waals surface area (Å²) in [4.78, 5) is 48.6. The zero-order chi connectivity index (χ0) is 25.2. The fraction of sp³-hybridized carbons (Fsp3) is 0.115. The molecular weight excluding hydrogens is 463 g/mol. The van der Waals surface area contributed by atoms with Crippen molar-refractivity contribution < 1.29 is 19.4 Å². The number of hydrogen-bond acceptors (Lipinski definition) is 6. The van der Waals surface area contributed by atoms with Gasteiger partial charge in [0.05, 0.1) is 0 Å². The lowest BCUT2D eigenvalue weighted by Crippen LogP contribution is -2.36. The van der Waals surface area contributed by atoms with Gasteiger partial charge in [-0.05, 0) is 41.1 Å². The lowest BCUT2D eigenvalue weighted by molar-refractivity contribution is -0.118. The van der Waals surface area contributed by atoms with Gasteiger partial charge in [-0.2, -0.15) is 0 Å². The van der Waals surface area contributed by atoms with Crippen LogP contribution >= 0.6 is 8.38 Å². The second-order valence-corrected chi connectivity index (χ2v) is 8.67. The zero-order valence-electron chi connectivity index (χ0n) is 19.3. The Bertz CT molecular complexity index is 1180. The summed E-state index contributed by atoms with van der Waals surface area (Å²) in [6.07, 6.45) is 0.444. The van der Waals surface area contributed by atoms with Crippen LogP contribution in [0.25, 0.3) is 11.1 Å². The molecule has 35 heavy (non-hydrogen) atoms. The number of rotatable bonds is 11. The Morgan fingerprint density at radius 1 is 0.943 bits per heavy atom. The molecule has 0 saturated heterocycles. The van der Waals surface area contributed by atoms with Crippen LogP contribution in [0.4, 0.5) is 0 Å². The van der Waals surface area contributed by atoms with Crippen LogP contribution < -0.4 is 15.9 Å². The Hall–Kier alpha value is -3.84. The minimum atomic E-state index is -2.19. The first-order valence-corrected chi connectivity index (χ1v) is 12.0. The SMILES string of the molecule is C=N/C(NC=O)=C(/C(=O)NC)N(Cc1ccc(-c2ccccc2)cc1)Cc1ccc(P(O)O)cc1. The van der Waals surface area contributed by atoms with Crippen LogP contribution in [0.1, 0.15) is 11.1 Å². The minimum absolute atomic E-state index is 0.0334. The summed E-state index contributed by atoms with van der Waals surface area (Å²) in [5, 5.41) is 5.48. The molecule has 0 bridgehead atoms. The molecule has 0 aliphatic heterocycles. The van der Waals surface area contributed by atoms with Gasteiger partial charge in [0.15, 0.2) is 14.2 Å². The summed E-state index contributed by atoms with van der Waals surface area (Å²) in [6.45, 7) is 4.13. The molecule has 0 fully saturated rings. The predicted octanol–water partition coefficient (Wildman–Crippen LogP) is 2.64. The Kier molecular flexibility index (Phi) is 9.26. The quantitative estimate of drug-likeness (QED) is 0.143. The van der Waals surface area contributed by atoms with Crippen molar-refractivity contribution in [1.29, 1.82) is 0 Å². The van der Waals surface area contributed by atoms with Crippen LogP contribution in [0.15, 0.2) is 95.4 Å². The molecule has 0 radical (unpaired) electrons. The second kappa shape index (κ2) is 12.6. The normalized spacial score (nSPS) is 11.4. The molecule has 3 aromatic carbocycles. The summed E-state index contributed by atoms with van der Waals surface area (Å²) in [5.41, 5.74) is 4.08. The van der Waals surface area contributed by atoms with Gasteiger partial charge < -0.3 is 25.3 Å². The van der Waals surface area contributed by atoms with Crippen LogP contribution in [-0.4, -0.2) is 40.8 Å². The van der Waals surface area contributed by atoms with Crippen molar-refractivity contribution in [3.05, 3.63) is 102 Å². The number of nitrogens with one attached hydrogen (secondary N) is 2. The summed E-state index contributed by atoms with van der Waals surface area (Å²) >= 11 is 0. The van der Waals surface area contributed by atoms with E-state index in [1.807, 2.05) is 54.6 Å². The van der Waals surface area contributed by atoms with Crippen molar-refractivity contribution in [3.8, 4) is 11.1 Å². The van der Waals surface area contributed by atoms with Gasteiger partial charge in [0.1, 0.15) is 5.70 Å². The van der Waals surface area contributed by atoms with Crippen LogP contribution in [0, 0.1) is 0 Å². The number of amides is 2. The molecule has 8 nitrogen and oxygen atoms in total. The van der Waals surface area contributed by atoms with Crippen molar-refractivity contribution in [2.24, 2.45) is 4.99 Å². The fourth-order valence-electron chi connectivity index (χ4n) is 3.59. The van der Waals surface area contributed by atoms with E-state index in [-0.39, 0.29) is 18.1 Å². The average molecular weight is 491 g/mol. The molecule has 3 rings (SSSR count). The number of likely N-dealkylation sites (N-methyl/N-ethyl adjacent to an activating group) is 1. The van der Waals surface area contributed by atoms with Crippen molar-refractivity contribution in [2.45, 2.75) is 13.1 Å². The highest BCUT2D eigenvalue weighted by Gasteiger charge is 2.22. The standard InChI is InChI=1S/C26H27N4O4P/c1-27-25(29-18-31)24(26(32)28-2)30(17-20-10-14-23(15-11-20)35(33)34)16-19-8-12-22(13-9-19)21-6-4-3-5-7-21/h3-15,18,33-34H,1,16-17H2,2H3,(H,28,32)(H,29,31)/b25-24+. The van der Waals surface area contributed by atoms with E-state index in [9.17, 15) is 19.4 Å². The van der Waals surface area contributed by atoms with E-state index in [0.29, 0.717) is 18.3 Å². The van der Waals surface area contributed by atoms with Crippen LogP contribution in [0.5, 0.6) is 0 Å².